The van der Waals surface area contributed by atoms with E-state index >= 15 is 0 Å². The molecule has 0 spiro atoms. The van der Waals surface area contributed by atoms with E-state index in [1.54, 1.807) is 22.1 Å². The van der Waals surface area contributed by atoms with Crippen molar-refractivity contribution >= 4 is 11.6 Å². The maximum Gasteiger partial charge on any atom is 0.277 e. The predicted molar refractivity (Wildman–Crippen MR) is 140 cm³/mol. The maximum atomic E-state index is 13.4. The summed E-state index contributed by atoms with van der Waals surface area (Å²) in [7, 11) is 0. The zero-order chi connectivity index (χ0) is 25.3. The lowest BCUT2D eigenvalue weighted by molar-refractivity contribution is 0.0255. The molecule has 2 aliphatic heterocycles. The summed E-state index contributed by atoms with van der Waals surface area (Å²) in [6.45, 7) is 10.4. The van der Waals surface area contributed by atoms with Gasteiger partial charge in [-0.2, -0.15) is 10.2 Å². The van der Waals surface area contributed by atoms with Crippen molar-refractivity contribution in [1.29, 1.82) is 0 Å². The third-order valence-corrected chi connectivity index (χ3v) is 6.76. The van der Waals surface area contributed by atoms with Gasteiger partial charge in [-0.3, -0.25) is 9.48 Å². The average molecular weight is 487 g/mol. The molecular weight excluding hydrogens is 452 g/mol. The molecule has 2 aromatic carbocycles. The smallest absolute Gasteiger partial charge is 0.277 e. The number of ether oxygens (including phenoxy) is 2. The summed E-state index contributed by atoms with van der Waals surface area (Å²) in [5.41, 5.74) is 5.62. The molecule has 5 rings (SSSR count). The summed E-state index contributed by atoms with van der Waals surface area (Å²) in [4.78, 5) is 13.4. The first-order valence-corrected chi connectivity index (χ1v) is 12.6. The number of hydrazone groups is 1. The van der Waals surface area contributed by atoms with Crippen LogP contribution >= 0.6 is 0 Å². The number of amides is 1. The fraction of sp³-hybridized carbons (Fsp3) is 0.414. The van der Waals surface area contributed by atoms with Crippen LogP contribution in [0.2, 0.25) is 0 Å². The molecule has 3 aromatic rings. The van der Waals surface area contributed by atoms with E-state index < -0.39 is 5.54 Å². The summed E-state index contributed by atoms with van der Waals surface area (Å²) in [6.07, 6.45) is 6.21. The van der Waals surface area contributed by atoms with E-state index in [0.29, 0.717) is 18.5 Å². The van der Waals surface area contributed by atoms with E-state index in [0.717, 1.165) is 48.6 Å². The molecule has 188 valence electrons. The third kappa shape index (κ3) is 5.36. The van der Waals surface area contributed by atoms with Crippen LogP contribution in [-0.4, -0.2) is 51.3 Å². The van der Waals surface area contributed by atoms with Crippen molar-refractivity contribution in [3.05, 3.63) is 82.7 Å². The average Bonchev–Trinajstić information content (AvgIpc) is 3.44. The zero-order valence-corrected chi connectivity index (χ0v) is 21.5. The number of carbonyl (C=O) groups is 1. The van der Waals surface area contributed by atoms with Crippen LogP contribution < -0.4 is 4.74 Å². The Morgan fingerprint density at radius 3 is 2.47 bits per heavy atom. The van der Waals surface area contributed by atoms with Gasteiger partial charge >= 0.3 is 0 Å². The van der Waals surface area contributed by atoms with Gasteiger partial charge in [0, 0.05) is 25.5 Å². The van der Waals surface area contributed by atoms with E-state index in [2.05, 4.69) is 51.0 Å². The van der Waals surface area contributed by atoms with Gasteiger partial charge in [0.15, 0.2) is 0 Å². The molecule has 3 heterocycles. The molecule has 1 aromatic heterocycles. The molecule has 7 nitrogen and oxygen atoms in total. The quantitative estimate of drug-likeness (QED) is 0.484. The van der Waals surface area contributed by atoms with Crippen molar-refractivity contribution in [2.24, 2.45) is 5.10 Å². The van der Waals surface area contributed by atoms with Gasteiger partial charge in [0.05, 0.1) is 42.8 Å². The van der Waals surface area contributed by atoms with Gasteiger partial charge < -0.3 is 9.47 Å². The second-order valence-electron chi connectivity index (χ2n) is 10.5. The Morgan fingerprint density at radius 1 is 1.08 bits per heavy atom. The number of benzene rings is 2. The lowest BCUT2D eigenvalue weighted by Gasteiger charge is -2.28. The van der Waals surface area contributed by atoms with Crippen molar-refractivity contribution in [2.75, 3.05) is 13.2 Å². The lowest BCUT2D eigenvalue weighted by Crippen LogP contribution is -2.40. The molecule has 0 radical (unpaired) electrons. The van der Waals surface area contributed by atoms with Gasteiger partial charge in [-0.15, -0.1) is 0 Å². The first-order chi connectivity index (χ1) is 17.3. The Bertz CT molecular complexity index is 1250. The molecule has 0 atom stereocenters. The first-order valence-electron chi connectivity index (χ1n) is 12.6. The summed E-state index contributed by atoms with van der Waals surface area (Å²) in [5, 5.41) is 10.8. The fourth-order valence-corrected chi connectivity index (χ4v) is 4.93. The molecule has 1 saturated heterocycles. The van der Waals surface area contributed by atoms with E-state index in [9.17, 15) is 4.79 Å². The molecule has 2 aliphatic rings. The Kier molecular flexibility index (Phi) is 6.67. The number of carbonyl (C=O) groups excluding carboxylic acids is 1. The van der Waals surface area contributed by atoms with Gasteiger partial charge in [-0.05, 0) is 51.0 Å². The topological polar surface area (TPSA) is 69.0 Å². The molecule has 7 heteroatoms. The highest BCUT2D eigenvalue weighted by Gasteiger charge is 2.39. The molecule has 0 unspecified atom stereocenters. The fourth-order valence-electron chi connectivity index (χ4n) is 4.93. The zero-order valence-electron chi connectivity index (χ0n) is 21.5. The van der Waals surface area contributed by atoms with Crippen LogP contribution in [0, 0.1) is 13.8 Å². The Labute approximate surface area is 212 Å². The number of hydrogen-bond donors (Lipinski definition) is 0. The van der Waals surface area contributed by atoms with Crippen LogP contribution in [0.3, 0.4) is 0 Å². The molecule has 0 bridgehead atoms. The Hall–Kier alpha value is -3.45. The van der Waals surface area contributed by atoms with E-state index in [1.807, 2.05) is 24.3 Å². The van der Waals surface area contributed by atoms with Crippen LogP contribution in [-0.2, 0) is 11.3 Å². The maximum absolute atomic E-state index is 13.4. The second kappa shape index (κ2) is 9.90. The standard InChI is InChI=1S/C29H34N4O3/c1-20-13-21(2)15-23(14-20)27-16-29(3,4)33(31-27)28(34)24-17-30-32(19-24)18-22-5-7-25(8-6-22)36-26-9-11-35-12-10-26/h5-8,13-15,17,19,26H,9-12,16,18H2,1-4H3. The number of nitrogens with zero attached hydrogens (tertiary/aromatic N) is 4. The summed E-state index contributed by atoms with van der Waals surface area (Å²) in [6, 6.07) is 14.5. The van der Waals surface area contributed by atoms with E-state index in [1.165, 1.54) is 11.1 Å². The van der Waals surface area contributed by atoms with Crippen molar-refractivity contribution in [2.45, 2.75) is 65.1 Å². The van der Waals surface area contributed by atoms with Crippen LogP contribution in [0.15, 0.2) is 60.0 Å². The largest absolute Gasteiger partial charge is 0.490 e. The highest BCUT2D eigenvalue weighted by atomic mass is 16.5. The van der Waals surface area contributed by atoms with Gasteiger partial charge in [0.25, 0.3) is 5.91 Å². The molecule has 0 aliphatic carbocycles. The number of aromatic nitrogens is 2. The molecular formula is C29H34N4O3. The van der Waals surface area contributed by atoms with Crippen LogP contribution in [0.5, 0.6) is 5.75 Å². The van der Waals surface area contributed by atoms with Gasteiger partial charge in [0.1, 0.15) is 11.9 Å². The minimum Gasteiger partial charge on any atom is -0.490 e. The first kappa shape index (κ1) is 24.3. The van der Waals surface area contributed by atoms with Crippen LogP contribution in [0.1, 0.15) is 65.7 Å². The molecule has 1 amide bonds. The monoisotopic (exact) mass is 486 g/mol. The number of hydrogen-bond acceptors (Lipinski definition) is 5. The molecule has 0 saturated carbocycles. The molecule has 0 N–H and O–H groups in total. The van der Waals surface area contributed by atoms with Crippen molar-refractivity contribution in [3.63, 3.8) is 0 Å². The Morgan fingerprint density at radius 2 is 1.78 bits per heavy atom. The number of aryl methyl sites for hydroxylation is 2. The Balaban J connectivity index is 1.26. The number of rotatable bonds is 6. The molecule has 1 fully saturated rings. The van der Waals surface area contributed by atoms with Crippen molar-refractivity contribution in [1.82, 2.24) is 14.8 Å². The minimum atomic E-state index is -0.410. The summed E-state index contributed by atoms with van der Waals surface area (Å²) >= 11 is 0. The third-order valence-electron chi connectivity index (χ3n) is 6.76. The van der Waals surface area contributed by atoms with Crippen LogP contribution in [0.4, 0.5) is 0 Å². The highest BCUT2D eigenvalue weighted by Crippen LogP contribution is 2.31. The van der Waals surface area contributed by atoms with Gasteiger partial charge in [-0.25, -0.2) is 5.01 Å². The SMILES string of the molecule is Cc1cc(C)cc(C2=NN(C(=O)c3cnn(Cc4ccc(OC5CCOCC5)cc4)c3)C(C)(C)C2)c1. The lowest BCUT2D eigenvalue weighted by atomic mass is 9.93. The van der Waals surface area contributed by atoms with Gasteiger partial charge in [0.2, 0.25) is 0 Å². The van der Waals surface area contributed by atoms with Crippen LogP contribution in [0.25, 0.3) is 0 Å². The normalized spacial score (nSPS) is 17.8. The van der Waals surface area contributed by atoms with Crippen molar-refractivity contribution < 1.29 is 14.3 Å². The molecule has 36 heavy (non-hydrogen) atoms. The van der Waals surface area contributed by atoms with E-state index in [-0.39, 0.29) is 12.0 Å². The summed E-state index contributed by atoms with van der Waals surface area (Å²) in [5.74, 6) is 0.738. The van der Waals surface area contributed by atoms with E-state index in [4.69, 9.17) is 14.6 Å². The van der Waals surface area contributed by atoms with Gasteiger partial charge in [-0.1, -0.05) is 41.5 Å². The van der Waals surface area contributed by atoms with Crippen molar-refractivity contribution in [3.8, 4) is 5.75 Å². The minimum absolute atomic E-state index is 0.133. The highest BCUT2D eigenvalue weighted by molar-refractivity contribution is 6.05. The summed E-state index contributed by atoms with van der Waals surface area (Å²) < 4.78 is 13.2. The predicted octanol–water partition coefficient (Wildman–Crippen LogP) is 5.13. The second-order valence-corrected chi connectivity index (χ2v) is 10.5.